The van der Waals surface area contributed by atoms with Gasteiger partial charge in [-0.1, -0.05) is 13.8 Å². The second kappa shape index (κ2) is 8.48. The van der Waals surface area contributed by atoms with Crippen molar-refractivity contribution in [2.75, 3.05) is 46.9 Å². The van der Waals surface area contributed by atoms with E-state index >= 15 is 0 Å². The van der Waals surface area contributed by atoms with Gasteiger partial charge in [-0.15, -0.1) is 0 Å². The van der Waals surface area contributed by atoms with Crippen LogP contribution < -0.4 is 5.32 Å². The van der Waals surface area contributed by atoms with Crippen molar-refractivity contribution in [1.29, 1.82) is 0 Å². The standard InChI is InChI=1S/C10H24N2O/c1-10(2)9-11-5-7-13-8-6-12(3)4/h10-11H,5-9H2,1-4H3. The van der Waals surface area contributed by atoms with Gasteiger partial charge in [0.05, 0.1) is 13.2 Å². The van der Waals surface area contributed by atoms with Crippen LogP contribution in [0.2, 0.25) is 0 Å². The molecule has 0 spiro atoms. The van der Waals surface area contributed by atoms with E-state index in [0.29, 0.717) is 0 Å². The average Bonchev–Trinajstić information content (AvgIpc) is 2.01. The van der Waals surface area contributed by atoms with E-state index in [1.54, 1.807) is 0 Å². The van der Waals surface area contributed by atoms with E-state index in [0.717, 1.165) is 38.8 Å². The third kappa shape index (κ3) is 11.9. The molecular weight excluding hydrogens is 164 g/mol. The third-order valence-electron chi connectivity index (χ3n) is 1.66. The van der Waals surface area contributed by atoms with Gasteiger partial charge < -0.3 is 15.0 Å². The van der Waals surface area contributed by atoms with E-state index < -0.39 is 0 Å². The monoisotopic (exact) mass is 188 g/mol. The first kappa shape index (κ1) is 12.9. The molecule has 0 aromatic carbocycles. The zero-order valence-corrected chi connectivity index (χ0v) is 9.47. The number of likely N-dealkylation sites (N-methyl/N-ethyl adjacent to an activating group) is 1. The van der Waals surface area contributed by atoms with Crippen LogP contribution in [0.3, 0.4) is 0 Å². The fourth-order valence-electron chi connectivity index (χ4n) is 0.884. The molecule has 0 rings (SSSR count). The zero-order chi connectivity index (χ0) is 10.1. The molecular formula is C10H24N2O. The van der Waals surface area contributed by atoms with Crippen molar-refractivity contribution in [1.82, 2.24) is 10.2 Å². The van der Waals surface area contributed by atoms with Gasteiger partial charge in [-0.25, -0.2) is 0 Å². The molecule has 0 bridgehead atoms. The lowest BCUT2D eigenvalue weighted by Gasteiger charge is -2.10. The zero-order valence-electron chi connectivity index (χ0n) is 9.47. The van der Waals surface area contributed by atoms with Crippen molar-refractivity contribution >= 4 is 0 Å². The summed E-state index contributed by atoms with van der Waals surface area (Å²) in [6.45, 7) is 9.11. The normalized spacial score (nSPS) is 11.5. The van der Waals surface area contributed by atoms with Crippen LogP contribution in [-0.2, 0) is 4.74 Å². The van der Waals surface area contributed by atoms with E-state index in [-0.39, 0.29) is 0 Å². The molecule has 0 unspecified atom stereocenters. The Labute approximate surface area is 82.4 Å². The molecule has 0 aromatic heterocycles. The molecule has 0 aliphatic rings. The number of nitrogens with zero attached hydrogens (tertiary/aromatic N) is 1. The molecule has 1 N–H and O–H groups in total. The Kier molecular flexibility index (Phi) is 8.40. The van der Waals surface area contributed by atoms with Gasteiger partial charge in [0.2, 0.25) is 0 Å². The quantitative estimate of drug-likeness (QED) is 0.571. The number of rotatable bonds is 8. The molecule has 0 saturated carbocycles. The van der Waals surface area contributed by atoms with Crippen molar-refractivity contribution in [3.8, 4) is 0 Å². The molecule has 3 heteroatoms. The van der Waals surface area contributed by atoms with Crippen molar-refractivity contribution in [2.24, 2.45) is 5.92 Å². The van der Waals surface area contributed by atoms with Gasteiger partial charge >= 0.3 is 0 Å². The Balaban J connectivity index is 2.92. The molecule has 0 aliphatic carbocycles. The molecule has 13 heavy (non-hydrogen) atoms. The summed E-state index contributed by atoms with van der Waals surface area (Å²) in [5.74, 6) is 0.724. The third-order valence-corrected chi connectivity index (χ3v) is 1.66. The molecule has 0 aliphatic heterocycles. The molecule has 0 radical (unpaired) electrons. The van der Waals surface area contributed by atoms with E-state index in [1.165, 1.54) is 0 Å². The summed E-state index contributed by atoms with van der Waals surface area (Å²) in [5, 5.41) is 3.33. The highest BCUT2D eigenvalue weighted by atomic mass is 16.5. The molecule has 3 nitrogen and oxygen atoms in total. The smallest absolute Gasteiger partial charge is 0.0593 e. The van der Waals surface area contributed by atoms with Crippen LogP contribution in [0.5, 0.6) is 0 Å². The van der Waals surface area contributed by atoms with Crippen LogP contribution in [0.1, 0.15) is 13.8 Å². The lowest BCUT2D eigenvalue weighted by Crippen LogP contribution is -2.25. The maximum atomic E-state index is 5.42. The summed E-state index contributed by atoms with van der Waals surface area (Å²) in [6.07, 6.45) is 0. The lowest BCUT2D eigenvalue weighted by atomic mass is 10.2. The van der Waals surface area contributed by atoms with Crippen LogP contribution in [0, 0.1) is 5.92 Å². The van der Waals surface area contributed by atoms with Gasteiger partial charge in [0.25, 0.3) is 0 Å². The lowest BCUT2D eigenvalue weighted by molar-refractivity contribution is 0.119. The molecule has 0 fully saturated rings. The number of nitrogens with one attached hydrogen (secondary N) is 1. The molecule has 0 atom stereocenters. The molecule has 0 aromatic rings. The van der Waals surface area contributed by atoms with Crippen LogP contribution in [0.4, 0.5) is 0 Å². The number of ether oxygens (including phenoxy) is 1. The first-order chi connectivity index (χ1) is 6.13. The molecule has 0 heterocycles. The second-order valence-corrected chi connectivity index (χ2v) is 4.01. The topological polar surface area (TPSA) is 24.5 Å². The Morgan fingerprint density at radius 1 is 1.23 bits per heavy atom. The summed E-state index contributed by atoms with van der Waals surface area (Å²) < 4.78 is 5.42. The van der Waals surface area contributed by atoms with Gasteiger partial charge in [-0.2, -0.15) is 0 Å². The molecule has 0 amide bonds. The predicted octanol–water partition coefficient (Wildman–Crippen LogP) is 0.810. The summed E-state index contributed by atoms with van der Waals surface area (Å²) in [6, 6.07) is 0. The van der Waals surface area contributed by atoms with E-state index in [1.807, 2.05) is 0 Å². The van der Waals surface area contributed by atoms with Crippen molar-refractivity contribution in [3.63, 3.8) is 0 Å². The first-order valence-electron chi connectivity index (χ1n) is 5.06. The highest BCUT2D eigenvalue weighted by Crippen LogP contribution is 1.86. The van der Waals surface area contributed by atoms with Crippen molar-refractivity contribution in [3.05, 3.63) is 0 Å². The van der Waals surface area contributed by atoms with E-state index in [4.69, 9.17) is 4.74 Å². The molecule has 80 valence electrons. The summed E-state index contributed by atoms with van der Waals surface area (Å²) in [5.41, 5.74) is 0. The highest BCUT2D eigenvalue weighted by Gasteiger charge is 1.93. The minimum Gasteiger partial charge on any atom is -0.379 e. The van der Waals surface area contributed by atoms with Crippen molar-refractivity contribution < 1.29 is 4.74 Å². The second-order valence-electron chi connectivity index (χ2n) is 4.01. The Morgan fingerprint density at radius 2 is 1.92 bits per heavy atom. The van der Waals surface area contributed by atoms with Crippen LogP contribution in [0.25, 0.3) is 0 Å². The Hall–Kier alpha value is -0.120. The Morgan fingerprint density at radius 3 is 2.46 bits per heavy atom. The summed E-state index contributed by atoms with van der Waals surface area (Å²) >= 11 is 0. The largest absolute Gasteiger partial charge is 0.379 e. The van der Waals surface area contributed by atoms with Gasteiger partial charge in [-0.3, -0.25) is 0 Å². The minimum atomic E-state index is 0.724. The van der Waals surface area contributed by atoms with Crippen LogP contribution in [0.15, 0.2) is 0 Å². The van der Waals surface area contributed by atoms with Gasteiger partial charge in [-0.05, 0) is 26.6 Å². The van der Waals surface area contributed by atoms with E-state index in [2.05, 4.69) is 38.2 Å². The van der Waals surface area contributed by atoms with Gasteiger partial charge in [0.15, 0.2) is 0 Å². The van der Waals surface area contributed by atoms with Gasteiger partial charge in [0.1, 0.15) is 0 Å². The van der Waals surface area contributed by atoms with Crippen LogP contribution >= 0.6 is 0 Å². The maximum Gasteiger partial charge on any atom is 0.0593 e. The van der Waals surface area contributed by atoms with E-state index in [9.17, 15) is 0 Å². The number of hydrogen-bond acceptors (Lipinski definition) is 3. The predicted molar refractivity (Wildman–Crippen MR) is 57.1 cm³/mol. The average molecular weight is 188 g/mol. The fraction of sp³-hybridized carbons (Fsp3) is 1.00. The Bertz CT molecular complexity index is 93.1. The first-order valence-corrected chi connectivity index (χ1v) is 5.06. The minimum absolute atomic E-state index is 0.724. The molecule has 0 saturated heterocycles. The maximum absolute atomic E-state index is 5.42. The highest BCUT2D eigenvalue weighted by molar-refractivity contribution is 4.50. The summed E-state index contributed by atoms with van der Waals surface area (Å²) in [7, 11) is 4.11. The van der Waals surface area contributed by atoms with Crippen LogP contribution in [-0.4, -0.2) is 51.8 Å². The summed E-state index contributed by atoms with van der Waals surface area (Å²) in [4.78, 5) is 2.13. The SMILES string of the molecule is CC(C)CNCCOCCN(C)C. The van der Waals surface area contributed by atoms with Crippen molar-refractivity contribution in [2.45, 2.75) is 13.8 Å². The fourth-order valence-corrected chi connectivity index (χ4v) is 0.884. The number of hydrogen-bond donors (Lipinski definition) is 1. The van der Waals surface area contributed by atoms with Gasteiger partial charge in [0, 0.05) is 13.1 Å².